The molecule has 3 N–H and O–H groups in total. The number of hydrogen-bond donors (Lipinski definition) is 3. The molecule has 0 aliphatic rings. The Morgan fingerprint density at radius 1 is 1.00 bits per heavy atom. The Kier molecular flexibility index (Phi) is 16.2. The van der Waals surface area contributed by atoms with Gasteiger partial charge in [0.1, 0.15) is 12.5 Å². The van der Waals surface area contributed by atoms with Crippen LogP contribution < -0.4 is 0 Å². The van der Waals surface area contributed by atoms with Gasteiger partial charge in [0.25, 0.3) is 0 Å². The lowest BCUT2D eigenvalue weighted by Gasteiger charge is -2.03. The fraction of sp³-hybridized carbons (Fsp3) is 0.500. The van der Waals surface area contributed by atoms with Crippen LogP contribution >= 0.6 is 0 Å². The molecule has 0 saturated carbocycles. The summed E-state index contributed by atoms with van der Waals surface area (Å²) in [5.74, 6) is 0.450. The molecule has 0 spiro atoms. The average molecular weight is 298 g/mol. The molecule has 0 fully saturated rings. The zero-order valence-electron chi connectivity index (χ0n) is 12.6. The van der Waals surface area contributed by atoms with Gasteiger partial charge in [-0.3, -0.25) is 0 Å². The van der Waals surface area contributed by atoms with Gasteiger partial charge in [0, 0.05) is 0 Å². The smallest absolute Gasteiger partial charge is 0.503 e. The Morgan fingerprint density at radius 3 is 2.00 bits per heavy atom. The number of aromatic hydroxyl groups is 1. The van der Waals surface area contributed by atoms with E-state index in [1.54, 1.807) is 6.07 Å². The van der Waals surface area contributed by atoms with Crippen LogP contribution in [-0.2, 0) is 11.2 Å². The van der Waals surface area contributed by atoms with Crippen molar-refractivity contribution in [1.82, 2.24) is 0 Å². The Morgan fingerprint density at radius 2 is 1.48 bits per heavy atom. The van der Waals surface area contributed by atoms with Crippen LogP contribution in [0.15, 0.2) is 24.3 Å². The summed E-state index contributed by atoms with van der Waals surface area (Å²) in [5.41, 5.74) is 1.09. The summed E-state index contributed by atoms with van der Waals surface area (Å²) in [5, 5.41) is 23.5. The van der Waals surface area contributed by atoms with Crippen molar-refractivity contribution in [3.8, 4) is 5.75 Å². The van der Waals surface area contributed by atoms with E-state index in [1.807, 2.05) is 25.0 Å². The van der Waals surface area contributed by atoms with Crippen molar-refractivity contribution in [3.05, 3.63) is 29.8 Å². The molecule has 0 aromatic heterocycles. The highest BCUT2D eigenvalue weighted by molar-refractivity contribution is 5.53. The second-order valence-corrected chi connectivity index (χ2v) is 4.43. The standard InChI is InChI=1S/C14H22O.CH2O3.CH2O/c1-2-3-4-5-6-7-10-13-11-8-9-12-14(13)15;2-1(3)4;1-2/h8-9,11-12,15H,2-7,10H2,1H3;(H2,2,3,4);1H2. The van der Waals surface area contributed by atoms with Gasteiger partial charge in [0.2, 0.25) is 0 Å². The monoisotopic (exact) mass is 298 g/mol. The third-order valence-corrected chi connectivity index (χ3v) is 2.79. The molecule has 0 unspecified atom stereocenters. The summed E-state index contributed by atoms with van der Waals surface area (Å²) in [6.07, 6.45) is 7.02. The fourth-order valence-corrected chi connectivity index (χ4v) is 1.82. The van der Waals surface area contributed by atoms with E-state index in [4.69, 9.17) is 19.8 Å². The number of hydrogen-bond acceptors (Lipinski definition) is 3. The number of para-hydroxylation sites is 1. The van der Waals surface area contributed by atoms with Crippen LogP contribution in [-0.4, -0.2) is 28.3 Å². The maximum absolute atomic E-state index is 9.55. The second-order valence-electron chi connectivity index (χ2n) is 4.43. The average Bonchev–Trinajstić information content (AvgIpc) is 2.46. The summed E-state index contributed by atoms with van der Waals surface area (Å²) in [4.78, 5) is 16.6. The van der Waals surface area contributed by atoms with Crippen LogP contribution in [0.1, 0.15) is 51.0 Å². The highest BCUT2D eigenvalue weighted by Crippen LogP contribution is 2.18. The first-order chi connectivity index (χ1) is 10.1. The van der Waals surface area contributed by atoms with E-state index in [2.05, 4.69) is 6.92 Å². The maximum Gasteiger partial charge on any atom is 0.503 e. The number of phenolic OH excluding ortho intramolecular Hbond substituents is 1. The Bertz CT molecular complexity index is 361. The molecule has 21 heavy (non-hydrogen) atoms. The Labute approximate surface area is 126 Å². The van der Waals surface area contributed by atoms with Crippen LogP contribution in [0.3, 0.4) is 0 Å². The predicted molar refractivity (Wildman–Crippen MR) is 83.0 cm³/mol. The van der Waals surface area contributed by atoms with Crippen molar-refractivity contribution in [2.45, 2.75) is 51.9 Å². The number of rotatable bonds is 7. The van der Waals surface area contributed by atoms with Crippen molar-refractivity contribution in [1.29, 1.82) is 0 Å². The van der Waals surface area contributed by atoms with Gasteiger partial charge in [-0.05, 0) is 24.5 Å². The van der Waals surface area contributed by atoms with E-state index >= 15 is 0 Å². The molecule has 0 aliphatic carbocycles. The van der Waals surface area contributed by atoms with Crippen molar-refractivity contribution in [2.24, 2.45) is 0 Å². The number of carbonyl (C=O) groups excluding carboxylic acids is 1. The third kappa shape index (κ3) is 15.9. The summed E-state index contributed by atoms with van der Waals surface area (Å²) >= 11 is 0. The van der Waals surface area contributed by atoms with Gasteiger partial charge in [0.05, 0.1) is 0 Å². The molecule has 1 aromatic carbocycles. The topological polar surface area (TPSA) is 94.8 Å². The van der Waals surface area contributed by atoms with E-state index in [9.17, 15) is 5.11 Å². The number of carbonyl (C=O) groups is 2. The minimum absolute atomic E-state index is 0.450. The second kappa shape index (κ2) is 16.0. The van der Waals surface area contributed by atoms with Gasteiger partial charge in [-0.25, -0.2) is 4.79 Å². The van der Waals surface area contributed by atoms with E-state index in [1.165, 1.54) is 38.5 Å². The molecule has 0 saturated heterocycles. The van der Waals surface area contributed by atoms with E-state index < -0.39 is 6.16 Å². The highest BCUT2D eigenvalue weighted by atomic mass is 16.6. The predicted octanol–water partition coefficient (Wildman–Crippen LogP) is 4.33. The van der Waals surface area contributed by atoms with Crippen molar-refractivity contribution in [2.75, 3.05) is 0 Å². The molecule has 0 aliphatic heterocycles. The quantitative estimate of drug-likeness (QED) is 0.651. The van der Waals surface area contributed by atoms with Crippen LogP contribution in [0, 0.1) is 0 Å². The molecule has 0 atom stereocenters. The molecule has 0 amide bonds. The molecule has 1 rings (SSSR count). The first-order valence-electron chi connectivity index (χ1n) is 7.05. The zero-order valence-corrected chi connectivity index (χ0v) is 12.6. The third-order valence-electron chi connectivity index (χ3n) is 2.79. The number of carboxylic acid groups (broad SMARTS) is 2. The van der Waals surface area contributed by atoms with Crippen LogP contribution in [0.5, 0.6) is 5.75 Å². The number of phenols is 1. The minimum Gasteiger partial charge on any atom is -0.508 e. The van der Waals surface area contributed by atoms with Gasteiger partial charge in [0.15, 0.2) is 0 Å². The molecule has 0 heterocycles. The molecular weight excluding hydrogens is 272 g/mol. The molecule has 1 aromatic rings. The molecule has 0 radical (unpaired) electrons. The SMILES string of the molecule is C=O.CCCCCCCCc1ccccc1O.O=C(O)O. The molecule has 0 bridgehead atoms. The van der Waals surface area contributed by atoms with Gasteiger partial charge in [-0.1, -0.05) is 57.2 Å². The van der Waals surface area contributed by atoms with Gasteiger partial charge >= 0.3 is 6.16 Å². The fourth-order valence-electron chi connectivity index (χ4n) is 1.82. The van der Waals surface area contributed by atoms with Crippen LogP contribution in [0.25, 0.3) is 0 Å². The number of unbranched alkanes of at least 4 members (excludes halogenated alkanes) is 5. The number of aryl methyl sites for hydroxylation is 1. The Hall–Kier alpha value is -2.04. The first-order valence-corrected chi connectivity index (χ1v) is 7.05. The molecule has 5 heteroatoms. The maximum atomic E-state index is 9.55. The molecular formula is C16H26O5. The normalized spacial score (nSPS) is 8.81. The highest BCUT2D eigenvalue weighted by Gasteiger charge is 1.98. The molecule has 5 nitrogen and oxygen atoms in total. The number of benzene rings is 1. The van der Waals surface area contributed by atoms with Crippen molar-refractivity contribution in [3.63, 3.8) is 0 Å². The Balaban J connectivity index is 0. The van der Waals surface area contributed by atoms with E-state index in [-0.39, 0.29) is 0 Å². The lowest BCUT2D eigenvalue weighted by Crippen LogP contribution is -1.86. The summed E-state index contributed by atoms with van der Waals surface area (Å²) in [7, 11) is 0. The van der Waals surface area contributed by atoms with Crippen molar-refractivity contribution < 1.29 is 24.9 Å². The summed E-state index contributed by atoms with van der Waals surface area (Å²) in [6.45, 7) is 4.24. The lowest BCUT2D eigenvalue weighted by atomic mass is 10.0. The minimum atomic E-state index is -1.83. The van der Waals surface area contributed by atoms with E-state index in [0.717, 1.165) is 12.0 Å². The van der Waals surface area contributed by atoms with Crippen LogP contribution in [0.4, 0.5) is 4.79 Å². The van der Waals surface area contributed by atoms with Crippen LogP contribution in [0.2, 0.25) is 0 Å². The van der Waals surface area contributed by atoms with Gasteiger partial charge < -0.3 is 20.1 Å². The van der Waals surface area contributed by atoms with Gasteiger partial charge in [-0.2, -0.15) is 0 Å². The van der Waals surface area contributed by atoms with Crippen molar-refractivity contribution >= 4 is 12.9 Å². The zero-order chi connectivity index (χ0) is 16.5. The van der Waals surface area contributed by atoms with Gasteiger partial charge in [-0.15, -0.1) is 0 Å². The first kappa shape index (κ1) is 21.3. The lowest BCUT2D eigenvalue weighted by molar-refractivity contribution is -0.0980. The van der Waals surface area contributed by atoms with E-state index in [0.29, 0.717) is 5.75 Å². The summed E-state index contributed by atoms with van der Waals surface area (Å²) in [6, 6.07) is 7.65. The summed E-state index contributed by atoms with van der Waals surface area (Å²) < 4.78 is 0. The molecule has 120 valence electrons. The largest absolute Gasteiger partial charge is 0.508 e.